The summed E-state index contributed by atoms with van der Waals surface area (Å²) in [4.78, 5) is 39.0. The fraction of sp³-hybridized carbons (Fsp3) is 0.625. The van der Waals surface area contributed by atoms with Gasteiger partial charge in [0, 0.05) is 7.05 Å². The first-order valence-electron chi connectivity index (χ1n) is 8.15. The first-order valence-corrected chi connectivity index (χ1v) is 8.15. The summed E-state index contributed by atoms with van der Waals surface area (Å²) >= 11 is 0. The van der Waals surface area contributed by atoms with E-state index in [0.717, 1.165) is 0 Å². The van der Waals surface area contributed by atoms with Crippen molar-refractivity contribution in [2.24, 2.45) is 20.6 Å². The van der Waals surface area contributed by atoms with Crippen LogP contribution in [0.5, 0.6) is 0 Å². The molecule has 0 saturated carbocycles. The monoisotopic (exact) mass is 419 g/mol. The Bertz CT molecular complexity index is 584. The lowest BCUT2D eigenvalue weighted by molar-refractivity contribution is -0.133. The Hall–Kier alpha value is -3.38. The molecule has 0 aromatic rings. The van der Waals surface area contributed by atoms with Crippen LogP contribution in [0, 0.1) is 0 Å². The van der Waals surface area contributed by atoms with Gasteiger partial charge in [-0.3, -0.25) is 4.79 Å². The highest BCUT2D eigenvalue weighted by Gasteiger charge is 2.10. The topological polar surface area (TPSA) is 151 Å². The van der Waals surface area contributed by atoms with Crippen LogP contribution in [0.1, 0.15) is 20.8 Å². The summed E-state index contributed by atoms with van der Waals surface area (Å²) in [5.74, 6) is -0.313. The highest BCUT2D eigenvalue weighted by Crippen LogP contribution is 1.96. The van der Waals surface area contributed by atoms with Gasteiger partial charge in [-0.05, 0) is 25.9 Å². The largest absolute Gasteiger partial charge is 0.470 e. The number of methoxy groups -OCH3 is 1. The van der Waals surface area contributed by atoms with Crippen molar-refractivity contribution in [1.29, 1.82) is 0 Å². The van der Waals surface area contributed by atoms with Gasteiger partial charge in [0.05, 0.1) is 7.11 Å². The first-order chi connectivity index (χ1) is 13.8. The summed E-state index contributed by atoms with van der Waals surface area (Å²) in [5, 5.41) is 16.4. The van der Waals surface area contributed by atoms with Crippen molar-refractivity contribution in [3.63, 3.8) is 0 Å². The van der Waals surface area contributed by atoms with E-state index in [-0.39, 0.29) is 11.6 Å². The number of nitrogens with zero attached hydrogens (tertiary/aromatic N) is 4. The van der Waals surface area contributed by atoms with Crippen molar-refractivity contribution in [3.8, 4) is 0 Å². The van der Waals surface area contributed by atoms with E-state index in [0.29, 0.717) is 30.5 Å². The third-order valence-electron chi connectivity index (χ3n) is 2.59. The average Bonchev–Trinajstić information content (AvgIpc) is 2.74. The van der Waals surface area contributed by atoms with Gasteiger partial charge in [0.1, 0.15) is 39.4 Å². The van der Waals surface area contributed by atoms with E-state index >= 15 is 0 Å². The maximum absolute atomic E-state index is 10.6. The smallest absolute Gasteiger partial charge is 0.355 e. The number of hydrogen-bond acceptors (Lipinski definition) is 12. The SMILES string of the molecule is CNC(=O)C(C)=NOC.CON=C(C)C(=O)OC.CON=C(C)C1=NOCCO1. The van der Waals surface area contributed by atoms with E-state index in [1.807, 2.05) is 0 Å². The number of carbonyl (C=O) groups is 2. The molecule has 0 aliphatic carbocycles. The van der Waals surface area contributed by atoms with Gasteiger partial charge in [-0.25, -0.2) is 4.79 Å². The van der Waals surface area contributed by atoms with Crippen LogP contribution in [-0.4, -0.2) is 83.6 Å². The van der Waals surface area contributed by atoms with Crippen LogP contribution in [0.15, 0.2) is 20.6 Å². The number of esters is 1. The molecule has 29 heavy (non-hydrogen) atoms. The minimum atomic E-state index is -0.475. The molecule has 0 bridgehead atoms. The van der Waals surface area contributed by atoms with Crippen molar-refractivity contribution in [2.45, 2.75) is 20.8 Å². The third-order valence-corrected chi connectivity index (χ3v) is 2.59. The van der Waals surface area contributed by atoms with E-state index in [1.165, 1.54) is 42.4 Å². The van der Waals surface area contributed by atoms with Gasteiger partial charge in [-0.1, -0.05) is 15.5 Å². The quantitative estimate of drug-likeness (QED) is 0.367. The van der Waals surface area contributed by atoms with E-state index in [1.54, 1.807) is 13.8 Å². The fourth-order valence-electron chi connectivity index (χ4n) is 1.33. The predicted molar refractivity (Wildman–Crippen MR) is 106 cm³/mol. The van der Waals surface area contributed by atoms with Crippen molar-refractivity contribution in [1.82, 2.24) is 5.32 Å². The molecule has 0 atom stereocenters. The van der Waals surface area contributed by atoms with Crippen LogP contribution in [0.4, 0.5) is 0 Å². The van der Waals surface area contributed by atoms with Gasteiger partial charge >= 0.3 is 5.97 Å². The Labute approximate surface area is 169 Å². The molecule has 13 nitrogen and oxygen atoms in total. The maximum atomic E-state index is 10.6. The molecular weight excluding hydrogens is 390 g/mol. The minimum Gasteiger partial charge on any atom is -0.470 e. The summed E-state index contributed by atoms with van der Waals surface area (Å²) in [6, 6.07) is 0. The summed E-state index contributed by atoms with van der Waals surface area (Å²) < 4.78 is 9.42. The molecule has 13 heteroatoms. The molecule has 166 valence electrons. The van der Waals surface area contributed by atoms with Gasteiger partial charge in [-0.15, -0.1) is 0 Å². The van der Waals surface area contributed by atoms with Crippen LogP contribution < -0.4 is 5.32 Å². The minimum absolute atomic E-state index is 0.208. The Morgan fingerprint density at radius 1 is 0.931 bits per heavy atom. The molecule has 0 spiro atoms. The highest BCUT2D eigenvalue weighted by molar-refractivity contribution is 6.38. The molecule has 1 N–H and O–H groups in total. The zero-order valence-electron chi connectivity index (χ0n) is 18.0. The van der Waals surface area contributed by atoms with Crippen molar-refractivity contribution < 1.29 is 38.4 Å². The van der Waals surface area contributed by atoms with E-state index in [4.69, 9.17) is 9.57 Å². The standard InChI is InChI=1S/C6H10N2O3.C5H10N2O2.C5H9NO3/c1-5(7-9-2)6-8-11-4-3-10-6;1-4(7-9-3)5(8)6-2;1-4(6-9-3)5(7)8-2/h3-4H2,1-2H3;1-3H3,(H,6,8);1-3H3. The maximum Gasteiger partial charge on any atom is 0.355 e. The predicted octanol–water partition coefficient (Wildman–Crippen LogP) is 0.305. The van der Waals surface area contributed by atoms with Gasteiger partial charge in [-0.2, -0.15) is 0 Å². The van der Waals surface area contributed by atoms with Crippen molar-refractivity contribution in [3.05, 3.63) is 0 Å². The molecular formula is C16H29N5O8. The molecule has 1 rings (SSSR count). The molecule has 1 aliphatic rings. The lowest BCUT2D eigenvalue weighted by Gasteiger charge is -2.11. The van der Waals surface area contributed by atoms with Crippen LogP contribution in [0.3, 0.4) is 0 Å². The number of nitrogens with one attached hydrogen (secondary N) is 1. The van der Waals surface area contributed by atoms with Crippen LogP contribution in [0.25, 0.3) is 0 Å². The zero-order chi connectivity index (χ0) is 22.7. The number of hydrogen-bond donors (Lipinski definition) is 1. The summed E-state index contributed by atoms with van der Waals surface area (Å²) in [6.07, 6.45) is 0. The first kappa shape index (κ1) is 27.8. The van der Waals surface area contributed by atoms with Gasteiger partial charge in [0.15, 0.2) is 12.3 Å². The van der Waals surface area contributed by atoms with Crippen LogP contribution >= 0.6 is 0 Å². The summed E-state index contributed by atoms with van der Waals surface area (Å²) in [7, 11) is 7.06. The Balaban J connectivity index is 0. The molecule has 0 fully saturated rings. The number of oxime groups is 4. The third kappa shape index (κ3) is 14.4. The van der Waals surface area contributed by atoms with E-state index < -0.39 is 5.97 Å². The average molecular weight is 419 g/mol. The molecule has 1 heterocycles. The molecule has 0 unspecified atom stereocenters. The summed E-state index contributed by atoms with van der Waals surface area (Å²) in [6.45, 7) is 5.81. The number of rotatable bonds is 6. The molecule has 1 amide bonds. The highest BCUT2D eigenvalue weighted by atomic mass is 16.7. The summed E-state index contributed by atoms with van der Waals surface area (Å²) in [5.41, 5.74) is 1.10. The lowest BCUT2D eigenvalue weighted by atomic mass is 10.4. The van der Waals surface area contributed by atoms with Crippen molar-refractivity contribution >= 4 is 34.9 Å². The van der Waals surface area contributed by atoms with E-state index in [2.05, 4.69) is 45.2 Å². The lowest BCUT2D eigenvalue weighted by Crippen LogP contribution is -2.25. The Kier molecular flexibility index (Phi) is 17.3. The van der Waals surface area contributed by atoms with Crippen LogP contribution in [-0.2, 0) is 38.4 Å². The molecule has 0 radical (unpaired) electrons. The molecule has 0 aromatic heterocycles. The van der Waals surface area contributed by atoms with Gasteiger partial charge in [0.2, 0.25) is 0 Å². The molecule has 0 saturated heterocycles. The fourth-order valence-corrected chi connectivity index (χ4v) is 1.33. The molecule has 1 aliphatic heterocycles. The second-order valence-corrected chi connectivity index (χ2v) is 4.73. The second-order valence-electron chi connectivity index (χ2n) is 4.73. The van der Waals surface area contributed by atoms with Crippen molar-refractivity contribution in [2.75, 3.05) is 48.7 Å². The number of carbonyl (C=O) groups excluding carboxylic acids is 2. The van der Waals surface area contributed by atoms with Gasteiger partial charge < -0.3 is 34.1 Å². The molecule has 0 aromatic carbocycles. The number of amides is 1. The second kappa shape index (κ2) is 18.0. The van der Waals surface area contributed by atoms with Crippen LogP contribution in [0.2, 0.25) is 0 Å². The Morgan fingerprint density at radius 3 is 1.90 bits per heavy atom. The normalized spacial score (nSPS) is 13.5. The number of ether oxygens (including phenoxy) is 2. The van der Waals surface area contributed by atoms with Gasteiger partial charge in [0.25, 0.3) is 11.8 Å². The van der Waals surface area contributed by atoms with E-state index in [9.17, 15) is 9.59 Å². The zero-order valence-corrected chi connectivity index (χ0v) is 18.0. The Morgan fingerprint density at radius 2 is 1.48 bits per heavy atom.